The largest absolute Gasteiger partial charge is 0.478 e. The number of ether oxygens (including phenoxy) is 2. The summed E-state index contributed by atoms with van der Waals surface area (Å²) in [5.74, 6) is 1.04. The third-order valence-corrected chi connectivity index (χ3v) is 6.02. The van der Waals surface area contributed by atoms with Crippen LogP contribution in [0, 0.1) is 0 Å². The van der Waals surface area contributed by atoms with Gasteiger partial charge in [-0.3, -0.25) is 4.90 Å². The van der Waals surface area contributed by atoms with Gasteiger partial charge in [-0.25, -0.2) is 4.79 Å². The van der Waals surface area contributed by atoms with Gasteiger partial charge in [0, 0.05) is 29.1 Å². The van der Waals surface area contributed by atoms with Crippen molar-refractivity contribution in [2.24, 2.45) is 0 Å². The Bertz CT molecular complexity index is 1030. The van der Waals surface area contributed by atoms with Crippen molar-refractivity contribution in [2.75, 3.05) is 13.3 Å². The number of carbonyl (C=O) groups excluding carboxylic acids is 1. The van der Waals surface area contributed by atoms with E-state index in [1.165, 1.54) is 25.7 Å². The van der Waals surface area contributed by atoms with Crippen molar-refractivity contribution in [3.8, 4) is 17.1 Å². The van der Waals surface area contributed by atoms with Crippen molar-refractivity contribution in [1.29, 1.82) is 0 Å². The van der Waals surface area contributed by atoms with E-state index in [1.807, 2.05) is 49.4 Å². The Morgan fingerprint density at radius 2 is 1.93 bits per heavy atom. The first kappa shape index (κ1) is 18.3. The van der Waals surface area contributed by atoms with E-state index in [0.717, 1.165) is 28.8 Å². The minimum Gasteiger partial charge on any atom is -0.478 e. The minimum absolute atomic E-state index is 0.319. The van der Waals surface area contributed by atoms with Crippen LogP contribution >= 0.6 is 0 Å². The second-order valence-electron chi connectivity index (χ2n) is 7.77. The Hall–Kier alpha value is -2.79. The first-order chi connectivity index (χ1) is 14.3. The molecule has 5 heteroatoms. The van der Waals surface area contributed by atoms with Gasteiger partial charge in [-0.1, -0.05) is 43.2 Å². The van der Waals surface area contributed by atoms with Gasteiger partial charge in [0.15, 0.2) is 0 Å². The van der Waals surface area contributed by atoms with Crippen LogP contribution in [-0.4, -0.2) is 30.2 Å². The Morgan fingerprint density at radius 1 is 1.14 bits per heavy atom. The standard InChI is InChI=1S/C24H25NO4/c1-2-27-24(26)22-21-18-14-25(17-10-6-7-11-17)15-28-19(18)12-13-20(21)29-23(22)16-8-4-3-5-9-16/h3-5,8-9,12-13,17H,2,6-7,10-11,14-15H2,1H3. The van der Waals surface area contributed by atoms with Crippen LogP contribution in [-0.2, 0) is 11.3 Å². The molecule has 1 saturated carbocycles. The predicted octanol–water partition coefficient (Wildman–Crippen LogP) is 5.37. The number of furan rings is 1. The van der Waals surface area contributed by atoms with Crippen LogP contribution in [0.5, 0.6) is 5.75 Å². The normalized spacial score (nSPS) is 17.3. The van der Waals surface area contributed by atoms with Crippen LogP contribution in [0.2, 0.25) is 0 Å². The number of benzene rings is 2. The second kappa shape index (κ2) is 7.56. The molecule has 1 aliphatic heterocycles. The lowest BCUT2D eigenvalue weighted by Gasteiger charge is -2.33. The summed E-state index contributed by atoms with van der Waals surface area (Å²) in [6.07, 6.45) is 4.96. The molecule has 0 bridgehead atoms. The van der Waals surface area contributed by atoms with Crippen LogP contribution in [0.15, 0.2) is 46.9 Å². The molecule has 2 heterocycles. The van der Waals surface area contributed by atoms with E-state index in [-0.39, 0.29) is 5.97 Å². The lowest BCUT2D eigenvalue weighted by atomic mass is 9.99. The van der Waals surface area contributed by atoms with Crippen LogP contribution in [0.3, 0.4) is 0 Å². The Balaban J connectivity index is 1.68. The topological polar surface area (TPSA) is 51.9 Å². The van der Waals surface area contributed by atoms with E-state index in [2.05, 4.69) is 4.90 Å². The summed E-state index contributed by atoms with van der Waals surface area (Å²) < 4.78 is 17.7. The van der Waals surface area contributed by atoms with Gasteiger partial charge in [0.05, 0.1) is 6.61 Å². The fourth-order valence-corrected chi connectivity index (χ4v) is 4.63. The van der Waals surface area contributed by atoms with Crippen LogP contribution in [0.4, 0.5) is 0 Å². The molecule has 0 atom stereocenters. The molecular formula is C24H25NO4. The van der Waals surface area contributed by atoms with Crippen molar-refractivity contribution in [3.63, 3.8) is 0 Å². The maximum atomic E-state index is 13.0. The zero-order valence-electron chi connectivity index (χ0n) is 16.6. The Morgan fingerprint density at radius 3 is 2.69 bits per heavy atom. The first-order valence-corrected chi connectivity index (χ1v) is 10.4. The molecule has 0 saturated heterocycles. The molecule has 1 fully saturated rings. The zero-order chi connectivity index (χ0) is 19.8. The van der Waals surface area contributed by atoms with E-state index in [1.54, 1.807) is 0 Å². The maximum Gasteiger partial charge on any atom is 0.342 e. The summed E-state index contributed by atoms with van der Waals surface area (Å²) in [7, 11) is 0. The molecule has 1 aliphatic carbocycles. The fourth-order valence-electron chi connectivity index (χ4n) is 4.63. The van der Waals surface area contributed by atoms with Gasteiger partial charge >= 0.3 is 5.97 Å². The van der Waals surface area contributed by atoms with Gasteiger partial charge in [-0.05, 0) is 31.9 Å². The summed E-state index contributed by atoms with van der Waals surface area (Å²) in [6.45, 7) is 3.50. The third kappa shape index (κ3) is 3.19. The van der Waals surface area contributed by atoms with Crippen LogP contribution in [0.1, 0.15) is 48.5 Å². The average Bonchev–Trinajstić information content (AvgIpc) is 3.42. The fraction of sp³-hybridized carbons (Fsp3) is 0.375. The average molecular weight is 391 g/mol. The van der Waals surface area contributed by atoms with E-state index < -0.39 is 0 Å². The first-order valence-electron chi connectivity index (χ1n) is 10.4. The highest BCUT2D eigenvalue weighted by molar-refractivity contribution is 6.10. The molecule has 5 rings (SSSR count). The van der Waals surface area contributed by atoms with Crippen molar-refractivity contribution >= 4 is 16.9 Å². The third-order valence-electron chi connectivity index (χ3n) is 6.02. The highest BCUT2D eigenvalue weighted by Gasteiger charge is 2.32. The van der Waals surface area contributed by atoms with Gasteiger partial charge in [0.1, 0.15) is 29.4 Å². The van der Waals surface area contributed by atoms with Gasteiger partial charge in [-0.15, -0.1) is 0 Å². The van der Waals surface area contributed by atoms with E-state index in [9.17, 15) is 4.79 Å². The molecule has 0 radical (unpaired) electrons. The summed E-state index contributed by atoms with van der Waals surface area (Å²) in [4.78, 5) is 15.4. The van der Waals surface area contributed by atoms with Crippen molar-refractivity contribution < 1.29 is 18.7 Å². The molecule has 0 unspecified atom stereocenters. The number of fused-ring (bicyclic) bond motifs is 3. The smallest absolute Gasteiger partial charge is 0.342 e. The van der Waals surface area contributed by atoms with E-state index >= 15 is 0 Å². The van der Waals surface area contributed by atoms with Crippen LogP contribution in [0.25, 0.3) is 22.3 Å². The van der Waals surface area contributed by atoms with Gasteiger partial charge < -0.3 is 13.9 Å². The number of hydrogen-bond donors (Lipinski definition) is 0. The molecule has 0 amide bonds. The van der Waals surface area contributed by atoms with Crippen molar-refractivity contribution in [1.82, 2.24) is 4.90 Å². The van der Waals surface area contributed by atoms with Gasteiger partial charge in [0.25, 0.3) is 0 Å². The highest BCUT2D eigenvalue weighted by atomic mass is 16.5. The zero-order valence-corrected chi connectivity index (χ0v) is 16.6. The number of rotatable bonds is 4. The predicted molar refractivity (Wildman–Crippen MR) is 111 cm³/mol. The summed E-state index contributed by atoms with van der Waals surface area (Å²) in [5, 5.41) is 0.822. The lowest BCUT2D eigenvalue weighted by Crippen LogP contribution is -2.39. The highest BCUT2D eigenvalue weighted by Crippen LogP contribution is 2.42. The summed E-state index contributed by atoms with van der Waals surface area (Å²) in [6, 6.07) is 14.1. The number of carbonyl (C=O) groups is 1. The number of hydrogen-bond acceptors (Lipinski definition) is 5. The van der Waals surface area contributed by atoms with Crippen molar-refractivity contribution in [3.05, 3.63) is 53.6 Å². The molecule has 5 nitrogen and oxygen atoms in total. The Labute approximate surface area is 170 Å². The quantitative estimate of drug-likeness (QED) is 0.560. The van der Waals surface area contributed by atoms with E-state index in [4.69, 9.17) is 13.9 Å². The molecule has 2 aliphatic rings. The molecule has 0 N–H and O–H groups in total. The molecular weight excluding hydrogens is 366 g/mol. The number of nitrogens with zero attached hydrogens (tertiary/aromatic N) is 1. The molecule has 2 aromatic carbocycles. The molecule has 3 aromatic rings. The number of esters is 1. The Kier molecular flexibility index (Phi) is 4.76. The monoisotopic (exact) mass is 391 g/mol. The second-order valence-corrected chi connectivity index (χ2v) is 7.77. The lowest BCUT2D eigenvalue weighted by molar-refractivity contribution is 0.0526. The molecule has 29 heavy (non-hydrogen) atoms. The summed E-state index contributed by atoms with van der Waals surface area (Å²) in [5.41, 5.74) is 3.09. The maximum absolute atomic E-state index is 13.0. The van der Waals surface area contributed by atoms with Crippen molar-refractivity contribution in [2.45, 2.75) is 45.2 Å². The van der Waals surface area contributed by atoms with Gasteiger partial charge in [-0.2, -0.15) is 0 Å². The SMILES string of the molecule is CCOC(=O)c1c(-c2ccccc2)oc2ccc3c(c12)CN(C1CCCC1)CO3. The van der Waals surface area contributed by atoms with Gasteiger partial charge in [0.2, 0.25) is 0 Å². The minimum atomic E-state index is -0.350. The molecule has 1 aromatic heterocycles. The molecule has 0 spiro atoms. The van der Waals surface area contributed by atoms with Crippen LogP contribution < -0.4 is 4.74 Å². The summed E-state index contributed by atoms with van der Waals surface area (Å²) >= 11 is 0. The molecule has 150 valence electrons. The van der Waals surface area contributed by atoms with E-state index in [0.29, 0.717) is 36.3 Å².